The largest absolute Gasteiger partial charge is 0.376 e. The van der Waals surface area contributed by atoms with E-state index >= 15 is 0 Å². The summed E-state index contributed by atoms with van der Waals surface area (Å²) in [6.45, 7) is 5.92. The van der Waals surface area contributed by atoms with Crippen molar-refractivity contribution in [2.75, 3.05) is 12.0 Å². The van der Waals surface area contributed by atoms with Crippen molar-refractivity contribution in [1.82, 2.24) is 4.98 Å². The molecule has 4 nitrogen and oxygen atoms in total. The summed E-state index contributed by atoms with van der Waals surface area (Å²) in [5, 5.41) is 0. The lowest BCUT2D eigenvalue weighted by Crippen LogP contribution is -2.10. The second kappa shape index (κ2) is 8.89. The third kappa shape index (κ3) is 5.47. The molecule has 0 aliphatic heterocycles. The lowest BCUT2D eigenvalue weighted by molar-refractivity contribution is 0.0820. The second-order valence-electron chi connectivity index (χ2n) is 4.63. The van der Waals surface area contributed by atoms with Crippen LogP contribution in [0.3, 0.4) is 0 Å². The van der Waals surface area contributed by atoms with E-state index in [2.05, 4.69) is 24.3 Å². The van der Waals surface area contributed by atoms with Crippen molar-refractivity contribution < 1.29 is 4.74 Å². The van der Waals surface area contributed by atoms with Gasteiger partial charge < -0.3 is 10.2 Å². The maximum Gasteiger partial charge on any atom is 0.140 e. The Morgan fingerprint density at radius 2 is 2.28 bits per heavy atom. The number of unbranched alkanes of at least 4 members (excludes halogenated alkanes) is 1. The van der Waals surface area contributed by atoms with E-state index in [4.69, 9.17) is 10.6 Å². The first kappa shape index (κ1) is 14.9. The molecule has 1 rings (SSSR count). The van der Waals surface area contributed by atoms with Crippen LogP contribution in [0.1, 0.15) is 45.1 Å². The van der Waals surface area contributed by atoms with E-state index in [0.29, 0.717) is 18.3 Å². The molecule has 0 saturated heterocycles. The molecule has 1 atom stereocenters. The number of nitrogens with zero attached hydrogens (tertiary/aromatic N) is 1. The molecule has 0 spiro atoms. The summed E-state index contributed by atoms with van der Waals surface area (Å²) in [7, 11) is 0. The zero-order chi connectivity index (χ0) is 13.2. The van der Waals surface area contributed by atoms with Gasteiger partial charge in [-0.3, -0.25) is 0 Å². The molecule has 0 aliphatic carbocycles. The van der Waals surface area contributed by atoms with Crippen LogP contribution in [-0.2, 0) is 11.3 Å². The van der Waals surface area contributed by atoms with Crippen molar-refractivity contribution in [3.8, 4) is 0 Å². The van der Waals surface area contributed by atoms with Crippen molar-refractivity contribution >= 4 is 5.82 Å². The number of rotatable bonds is 9. The predicted molar refractivity (Wildman–Crippen MR) is 75.0 cm³/mol. The van der Waals surface area contributed by atoms with Crippen LogP contribution in [-0.4, -0.2) is 11.6 Å². The topological polar surface area (TPSA) is 60.2 Å². The fourth-order valence-electron chi connectivity index (χ4n) is 1.88. The van der Waals surface area contributed by atoms with Crippen LogP contribution in [0.2, 0.25) is 0 Å². The van der Waals surface area contributed by atoms with E-state index < -0.39 is 0 Å². The third-order valence-electron chi connectivity index (χ3n) is 3.14. The molecule has 1 heterocycles. The normalized spacial score (nSPS) is 12.4. The third-order valence-corrected chi connectivity index (χ3v) is 3.14. The fraction of sp³-hybridized carbons (Fsp3) is 0.643. The minimum absolute atomic E-state index is 0.625. The number of hydrogen-bond acceptors (Lipinski definition) is 4. The Hall–Kier alpha value is -1.13. The molecule has 1 aromatic heterocycles. The lowest BCUT2D eigenvalue weighted by atomic mass is 10.0. The van der Waals surface area contributed by atoms with E-state index in [1.165, 1.54) is 25.7 Å². The molecule has 0 aromatic carbocycles. The Morgan fingerprint density at radius 1 is 1.44 bits per heavy atom. The van der Waals surface area contributed by atoms with E-state index in [1.54, 1.807) is 6.20 Å². The van der Waals surface area contributed by atoms with Crippen molar-refractivity contribution in [3.05, 3.63) is 23.9 Å². The van der Waals surface area contributed by atoms with Gasteiger partial charge in [0.25, 0.3) is 0 Å². The molecule has 3 N–H and O–H groups in total. The van der Waals surface area contributed by atoms with Gasteiger partial charge >= 0.3 is 0 Å². The number of aromatic nitrogens is 1. The number of pyridine rings is 1. The zero-order valence-corrected chi connectivity index (χ0v) is 11.5. The van der Waals surface area contributed by atoms with Gasteiger partial charge in [-0.25, -0.2) is 10.8 Å². The van der Waals surface area contributed by atoms with Gasteiger partial charge in [0.05, 0.1) is 6.61 Å². The van der Waals surface area contributed by atoms with Crippen LogP contribution in [0.4, 0.5) is 5.82 Å². The first-order valence-electron chi connectivity index (χ1n) is 6.79. The van der Waals surface area contributed by atoms with Gasteiger partial charge in [0.2, 0.25) is 0 Å². The number of anilines is 1. The SMILES string of the molecule is CCCCC(CC)COCc1ccnc(NN)c1. The average Bonchev–Trinajstić information content (AvgIpc) is 2.43. The summed E-state index contributed by atoms with van der Waals surface area (Å²) in [6.07, 6.45) is 6.73. The number of ether oxygens (including phenoxy) is 1. The highest BCUT2D eigenvalue weighted by atomic mass is 16.5. The summed E-state index contributed by atoms with van der Waals surface area (Å²) in [5.74, 6) is 6.67. The van der Waals surface area contributed by atoms with Crippen LogP contribution in [0.15, 0.2) is 18.3 Å². The molecule has 0 bridgehead atoms. The monoisotopic (exact) mass is 251 g/mol. The Balaban J connectivity index is 2.30. The fourth-order valence-corrected chi connectivity index (χ4v) is 1.88. The van der Waals surface area contributed by atoms with E-state index in [-0.39, 0.29) is 0 Å². The molecule has 4 heteroatoms. The van der Waals surface area contributed by atoms with E-state index in [0.717, 1.165) is 12.2 Å². The van der Waals surface area contributed by atoms with Crippen LogP contribution in [0.25, 0.3) is 0 Å². The first-order chi connectivity index (χ1) is 8.80. The van der Waals surface area contributed by atoms with Gasteiger partial charge in [-0.15, -0.1) is 0 Å². The van der Waals surface area contributed by atoms with Crippen molar-refractivity contribution in [2.45, 2.75) is 46.1 Å². The second-order valence-corrected chi connectivity index (χ2v) is 4.63. The number of nitrogen functional groups attached to an aromatic ring is 1. The van der Waals surface area contributed by atoms with Gasteiger partial charge in [0.1, 0.15) is 5.82 Å². The first-order valence-corrected chi connectivity index (χ1v) is 6.79. The maximum atomic E-state index is 5.77. The molecule has 0 radical (unpaired) electrons. The molecule has 0 amide bonds. The van der Waals surface area contributed by atoms with Crippen molar-refractivity contribution in [3.63, 3.8) is 0 Å². The zero-order valence-electron chi connectivity index (χ0n) is 11.5. The molecule has 102 valence electrons. The quantitative estimate of drug-likeness (QED) is 0.523. The standard InChI is InChI=1S/C14H25N3O/c1-3-5-6-12(4-2)10-18-11-13-7-8-16-14(9-13)17-15/h7-9,12H,3-6,10-11,15H2,1-2H3,(H,16,17). The summed E-state index contributed by atoms with van der Waals surface area (Å²) in [6, 6.07) is 3.86. The van der Waals surface area contributed by atoms with Gasteiger partial charge in [0, 0.05) is 12.8 Å². The molecule has 0 fully saturated rings. The summed E-state index contributed by atoms with van der Waals surface area (Å²) < 4.78 is 5.77. The summed E-state index contributed by atoms with van der Waals surface area (Å²) in [5.41, 5.74) is 3.64. The van der Waals surface area contributed by atoms with Crippen LogP contribution in [0.5, 0.6) is 0 Å². The van der Waals surface area contributed by atoms with Crippen molar-refractivity contribution in [1.29, 1.82) is 0 Å². The Labute approximate surface area is 110 Å². The molecule has 0 saturated carbocycles. The number of hydrogen-bond donors (Lipinski definition) is 2. The van der Waals surface area contributed by atoms with Gasteiger partial charge in [-0.2, -0.15) is 0 Å². The summed E-state index contributed by atoms with van der Waals surface area (Å²) in [4.78, 5) is 4.07. The minimum Gasteiger partial charge on any atom is -0.376 e. The Kier molecular flexibility index (Phi) is 7.37. The van der Waals surface area contributed by atoms with Crippen LogP contribution < -0.4 is 11.3 Å². The van der Waals surface area contributed by atoms with Crippen LogP contribution >= 0.6 is 0 Å². The highest BCUT2D eigenvalue weighted by Crippen LogP contribution is 2.14. The predicted octanol–water partition coefficient (Wildman–Crippen LogP) is 3.10. The molecule has 1 aromatic rings. The molecule has 18 heavy (non-hydrogen) atoms. The van der Waals surface area contributed by atoms with E-state index in [9.17, 15) is 0 Å². The minimum atomic E-state index is 0.625. The lowest BCUT2D eigenvalue weighted by Gasteiger charge is -2.14. The van der Waals surface area contributed by atoms with Crippen molar-refractivity contribution in [2.24, 2.45) is 11.8 Å². The van der Waals surface area contributed by atoms with Gasteiger partial charge in [-0.05, 0) is 30.0 Å². The average molecular weight is 251 g/mol. The number of nitrogens with one attached hydrogen (secondary N) is 1. The van der Waals surface area contributed by atoms with Gasteiger partial charge in [0.15, 0.2) is 0 Å². The summed E-state index contributed by atoms with van der Waals surface area (Å²) >= 11 is 0. The van der Waals surface area contributed by atoms with E-state index in [1.807, 2.05) is 12.1 Å². The highest BCUT2D eigenvalue weighted by Gasteiger charge is 2.06. The Morgan fingerprint density at radius 3 is 2.94 bits per heavy atom. The maximum absolute atomic E-state index is 5.77. The molecular weight excluding hydrogens is 226 g/mol. The van der Waals surface area contributed by atoms with Gasteiger partial charge in [-0.1, -0.05) is 33.1 Å². The Bertz CT molecular complexity index is 331. The molecular formula is C14H25N3O. The molecule has 0 aliphatic rings. The smallest absolute Gasteiger partial charge is 0.140 e. The number of nitrogens with two attached hydrogens (primary N) is 1. The highest BCUT2D eigenvalue weighted by molar-refractivity contribution is 5.35. The van der Waals surface area contributed by atoms with Crippen LogP contribution in [0, 0.1) is 5.92 Å². The number of hydrazine groups is 1. The molecule has 1 unspecified atom stereocenters.